The van der Waals surface area contributed by atoms with Gasteiger partial charge in [0, 0.05) is 10.5 Å². The van der Waals surface area contributed by atoms with Gasteiger partial charge in [-0.1, -0.05) is 11.8 Å². The van der Waals surface area contributed by atoms with Crippen molar-refractivity contribution in [2.45, 2.75) is 51.9 Å². The van der Waals surface area contributed by atoms with Crippen LogP contribution >= 0.6 is 27.7 Å². The van der Waals surface area contributed by atoms with Gasteiger partial charge in [0.25, 0.3) is 0 Å². The molecule has 0 aliphatic carbocycles. The summed E-state index contributed by atoms with van der Waals surface area (Å²) in [4.78, 5) is 12.6. The summed E-state index contributed by atoms with van der Waals surface area (Å²) >= 11 is 4.88. The number of carbonyl (C=O) groups is 1. The highest BCUT2D eigenvalue weighted by Gasteiger charge is 2.22. The van der Waals surface area contributed by atoms with E-state index in [9.17, 15) is 4.79 Å². The Morgan fingerprint density at radius 1 is 1.09 bits per heavy atom. The minimum Gasteiger partial charge on any atom is -0.497 e. The molecule has 1 unspecified atom stereocenters. The molecule has 0 aliphatic rings. The third kappa shape index (κ3) is 6.29. The van der Waals surface area contributed by atoms with Crippen LogP contribution in [0.3, 0.4) is 0 Å². The Balaban J connectivity index is 1.68. The second-order valence-corrected chi connectivity index (χ2v) is 9.79. The van der Waals surface area contributed by atoms with Crippen LogP contribution in [0.4, 0.5) is 5.69 Å². The summed E-state index contributed by atoms with van der Waals surface area (Å²) in [6.07, 6.45) is -0.317. The molecule has 3 aromatic rings. The van der Waals surface area contributed by atoms with E-state index in [4.69, 9.17) is 9.47 Å². The number of carbonyl (C=O) groups excluding carboxylic acids is 1. The van der Waals surface area contributed by atoms with Gasteiger partial charge in [-0.15, -0.1) is 10.2 Å². The van der Waals surface area contributed by atoms with Crippen molar-refractivity contribution in [3.05, 3.63) is 57.8 Å². The van der Waals surface area contributed by atoms with E-state index in [1.54, 1.807) is 7.11 Å². The SMILES string of the molecule is COc1ccc(OC(C)c2nnc(SCC(=O)Nc3cc(C)c(C)cc3Br)n2C(C)C)cc1. The number of nitrogens with one attached hydrogen (secondary N) is 1. The van der Waals surface area contributed by atoms with Crippen molar-refractivity contribution in [2.75, 3.05) is 18.2 Å². The van der Waals surface area contributed by atoms with Gasteiger partial charge in [0.15, 0.2) is 17.1 Å². The summed E-state index contributed by atoms with van der Waals surface area (Å²) < 4.78 is 14.1. The van der Waals surface area contributed by atoms with Gasteiger partial charge in [0.1, 0.15) is 11.5 Å². The van der Waals surface area contributed by atoms with Crippen molar-refractivity contribution in [2.24, 2.45) is 0 Å². The molecule has 0 saturated heterocycles. The second-order valence-electron chi connectivity index (χ2n) is 7.99. The fourth-order valence-electron chi connectivity index (χ4n) is 3.25. The lowest BCUT2D eigenvalue weighted by atomic mass is 10.1. The molecule has 0 fully saturated rings. The zero-order valence-corrected chi connectivity index (χ0v) is 22.1. The highest BCUT2D eigenvalue weighted by molar-refractivity contribution is 9.10. The van der Waals surface area contributed by atoms with E-state index >= 15 is 0 Å². The van der Waals surface area contributed by atoms with E-state index in [0.29, 0.717) is 16.7 Å². The van der Waals surface area contributed by atoms with Crippen LogP contribution in [0.15, 0.2) is 46.0 Å². The number of amides is 1. The Hall–Kier alpha value is -2.52. The third-order valence-electron chi connectivity index (χ3n) is 5.13. The van der Waals surface area contributed by atoms with Crippen LogP contribution < -0.4 is 14.8 Å². The molecule has 1 N–H and O–H groups in total. The maximum Gasteiger partial charge on any atom is 0.234 e. The number of rotatable bonds is 9. The van der Waals surface area contributed by atoms with Crippen molar-refractivity contribution in [1.82, 2.24) is 14.8 Å². The molecule has 2 aromatic carbocycles. The Kier molecular flexibility index (Phi) is 8.42. The molecule has 7 nitrogen and oxygen atoms in total. The molecular formula is C24H29BrN4O3S. The molecule has 3 rings (SSSR count). The lowest BCUT2D eigenvalue weighted by Gasteiger charge is -2.19. The first-order valence-electron chi connectivity index (χ1n) is 10.6. The van der Waals surface area contributed by atoms with Gasteiger partial charge in [0.2, 0.25) is 5.91 Å². The molecule has 1 atom stereocenters. The van der Waals surface area contributed by atoms with Crippen molar-refractivity contribution >= 4 is 39.3 Å². The van der Waals surface area contributed by atoms with Crippen molar-refractivity contribution in [3.63, 3.8) is 0 Å². The minimum atomic E-state index is -0.317. The number of aryl methyl sites for hydroxylation is 2. The van der Waals surface area contributed by atoms with Crippen LogP contribution in [0.2, 0.25) is 0 Å². The van der Waals surface area contributed by atoms with Crippen LogP contribution in [-0.4, -0.2) is 33.5 Å². The van der Waals surface area contributed by atoms with Crippen LogP contribution in [0.25, 0.3) is 0 Å². The lowest BCUT2D eigenvalue weighted by Crippen LogP contribution is -2.17. The molecule has 0 aliphatic heterocycles. The van der Waals surface area contributed by atoms with Crippen molar-refractivity contribution < 1.29 is 14.3 Å². The molecule has 1 heterocycles. The topological polar surface area (TPSA) is 78.3 Å². The smallest absolute Gasteiger partial charge is 0.234 e. The summed E-state index contributed by atoms with van der Waals surface area (Å²) in [5, 5.41) is 12.4. The number of methoxy groups -OCH3 is 1. The summed E-state index contributed by atoms with van der Waals surface area (Å²) in [6.45, 7) is 10.1. The number of halogens is 1. The summed E-state index contributed by atoms with van der Waals surface area (Å²) in [5.74, 6) is 2.31. The Morgan fingerprint density at radius 3 is 2.36 bits per heavy atom. The van der Waals surface area contributed by atoms with Gasteiger partial charge in [-0.05, 0) is 98.1 Å². The Morgan fingerprint density at radius 2 is 1.73 bits per heavy atom. The molecule has 0 radical (unpaired) electrons. The van der Waals surface area contributed by atoms with Gasteiger partial charge < -0.3 is 19.4 Å². The molecular weight excluding hydrogens is 504 g/mol. The predicted octanol–water partition coefficient (Wildman–Crippen LogP) is 6.12. The van der Waals surface area contributed by atoms with E-state index in [0.717, 1.165) is 27.0 Å². The first-order chi connectivity index (χ1) is 15.7. The van der Waals surface area contributed by atoms with Crippen molar-refractivity contribution in [1.29, 1.82) is 0 Å². The number of benzene rings is 2. The van der Waals surface area contributed by atoms with Crippen LogP contribution in [0.5, 0.6) is 11.5 Å². The molecule has 1 aromatic heterocycles. The number of hydrogen-bond donors (Lipinski definition) is 1. The van der Waals surface area contributed by atoms with Gasteiger partial charge in [-0.2, -0.15) is 0 Å². The van der Waals surface area contributed by atoms with Crippen LogP contribution in [-0.2, 0) is 4.79 Å². The normalized spacial score (nSPS) is 12.0. The fraction of sp³-hybridized carbons (Fsp3) is 0.375. The van der Waals surface area contributed by atoms with Crippen LogP contribution in [0.1, 0.15) is 49.9 Å². The lowest BCUT2D eigenvalue weighted by molar-refractivity contribution is -0.113. The number of hydrogen-bond acceptors (Lipinski definition) is 6. The summed E-state index contributed by atoms with van der Waals surface area (Å²) in [5.41, 5.74) is 3.05. The van der Waals surface area contributed by atoms with E-state index < -0.39 is 0 Å². The second kappa shape index (κ2) is 11.1. The van der Waals surface area contributed by atoms with Crippen LogP contribution in [0, 0.1) is 13.8 Å². The maximum absolute atomic E-state index is 12.6. The first-order valence-corrected chi connectivity index (χ1v) is 12.4. The number of nitrogens with zero attached hydrogens (tertiary/aromatic N) is 3. The predicted molar refractivity (Wildman–Crippen MR) is 135 cm³/mol. The van der Waals surface area contributed by atoms with E-state index in [1.165, 1.54) is 11.8 Å². The number of anilines is 1. The maximum atomic E-state index is 12.6. The molecule has 0 spiro atoms. The average molecular weight is 533 g/mol. The standard InChI is InChI=1S/C24H29BrN4O3S/c1-14(2)29-23(17(5)32-19-9-7-18(31-6)8-10-19)27-28-24(29)33-13-22(30)26-21-12-16(4)15(3)11-20(21)25/h7-12,14,17H,13H2,1-6H3,(H,26,30). The quantitative estimate of drug-likeness (QED) is 0.334. The first kappa shape index (κ1) is 25.1. The van der Waals surface area contributed by atoms with Gasteiger partial charge >= 0.3 is 0 Å². The largest absolute Gasteiger partial charge is 0.497 e. The van der Waals surface area contributed by atoms with Crippen molar-refractivity contribution in [3.8, 4) is 11.5 Å². The molecule has 1 amide bonds. The number of ether oxygens (including phenoxy) is 2. The van der Waals surface area contributed by atoms with E-state index in [2.05, 4.69) is 45.3 Å². The Labute approximate surface area is 207 Å². The zero-order chi connectivity index (χ0) is 24.1. The molecule has 33 heavy (non-hydrogen) atoms. The number of aromatic nitrogens is 3. The highest BCUT2D eigenvalue weighted by atomic mass is 79.9. The molecule has 176 valence electrons. The molecule has 0 saturated carbocycles. The molecule has 0 bridgehead atoms. The minimum absolute atomic E-state index is 0.105. The fourth-order valence-corrected chi connectivity index (χ4v) is 4.68. The van der Waals surface area contributed by atoms with E-state index in [-0.39, 0.29) is 23.8 Å². The summed E-state index contributed by atoms with van der Waals surface area (Å²) in [6, 6.07) is 11.5. The monoisotopic (exact) mass is 532 g/mol. The third-order valence-corrected chi connectivity index (χ3v) is 6.73. The number of thioether (sulfide) groups is 1. The van der Waals surface area contributed by atoms with Gasteiger partial charge in [0.05, 0.1) is 18.6 Å². The Bertz CT molecular complexity index is 1120. The zero-order valence-electron chi connectivity index (χ0n) is 19.7. The average Bonchev–Trinajstić information content (AvgIpc) is 3.21. The van der Waals surface area contributed by atoms with E-state index in [1.807, 2.05) is 61.7 Å². The summed E-state index contributed by atoms with van der Waals surface area (Å²) in [7, 11) is 1.63. The molecule has 9 heteroatoms. The van der Waals surface area contributed by atoms with Gasteiger partial charge in [-0.25, -0.2) is 0 Å². The van der Waals surface area contributed by atoms with Gasteiger partial charge in [-0.3, -0.25) is 4.79 Å². The highest BCUT2D eigenvalue weighted by Crippen LogP contribution is 2.29.